The van der Waals surface area contributed by atoms with E-state index >= 15 is 0 Å². The van der Waals surface area contributed by atoms with Crippen molar-refractivity contribution in [2.24, 2.45) is 0 Å². The fourth-order valence-electron chi connectivity index (χ4n) is 5.21. The Balaban J connectivity index is 1.25. The van der Waals surface area contributed by atoms with E-state index < -0.39 is 17.6 Å². The van der Waals surface area contributed by atoms with Gasteiger partial charge in [-0.1, -0.05) is 18.2 Å². The monoisotopic (exact) mass is 578 g/mol. The van der Waals surface area contributed by atoms with Crippen LogP contribution in [0.25, 0.3) is 11.0 Å². The van der Waals surface area contributed by atoms with Gasteiger partial charge in [0.2, 0.25) is 0 Å². The molecule has 8 nitrogen and oxygen atoms in total. The average Bonchev–Trinajstić information content (AvgIpc) is 3.59. The Labute approximate surface area is 241 Å². The van der Waals surface area contributed by atoms with E-state index in [0.717, 1.165) is 35.7 Å². The van der Waals surface area contributed by atoms with Crippen LogP contribution in [-0.4, -0.2) is 64.7 Å². The largest absolute Gasteiger partial charge is 0.416 e. The van der Waals surface area contributed by atoms with Crippen molar-refractivity contribution in [1.82, 2.24) is 19.8 Å². The van der Waals surface area contributed by atoms with Crippen LogP contribution in [0.15, 0.2) is 60.8 Å². The summed E-state index contributed by atoms with van der Waals surface area (Å²) in [6.07, 6.45) is -2.02. The van der Waals surface area contributed by atoms with Crippen molar-refractivity contribution < 1.29 is 22.8 Å². The first-order valence-electron chi connectivity index (χ1n) is 13.7. The van der Waals surface area contributed by atoms with Crippen LogP contribution in [0.5, 0.6) is 0 Å². The quantitative estimate of drug-likeness (QED) is 0.218. The Morgan fingerprint density at radius 3 is 2.62 bits per heavy atom. The molecule has 1 aliphatic rings. The molecule has 4 aromatic rings. The summed E-state index contributed by atoms with van der Waals surface area (Å²) < 4.78 is 42.0. The first-order valence-corrected chi connectivity index (χ1v) is 13.7. The minimum Gasteiger partial charge on any atom is -0.380 e. The van der Waals surface area contributed by atoms with Crippen LogP contribution in [0, 0.1) is 0 Å². The number of carbonyl (C=O) groups excluding carboxylic acids is 2. The number of amides is 1. The molecule has 220 valence electrons. The molecule has 2 aromatic heterocycles. The van der Waals surface area contributed by atoms with E-state index in [1.807, 2.05) is 31.1 Å². The smallest absolute Gasteiger partial charge is 0.380 e. The lowest BCUT2D eigenvalue weighted by Crippen LogP contribution is -2.31. The van der Waals surface area contributed by atoms with E-state index in [-0.39, 0.29) is 23.5 Å². The zero-order chi connectivity index (χ0) is 30.0. The van der Waals surface area contributed by atoms with Crippen molar-refractivity contribution >= 4 is 34.1 Å². The third-order valence-electron chi connectivity index (χ3n) is 7.58. The SMILES string of the molecule is CC(=O)c1cc2cc(NCc3cccc(NC(=O)c4ccc(CN5CCC(N(C)C)C5)c(C(F)(F)F)c4)c3)cnc2[nH]1. The second-order valence-corrected chi connectivity index (χ2v) is 10.9. The number of aromatic nitrogens is 2. The predicted octanol–water partition coefficient (Wildman–Crippen LogP) is 5.78. The number of halogens is 3. The summed E-state index contributed by atoms with van der Waals surface area (Å²) in [5, 5.41) is 6.79. The molecule has 0 saturated carbocycles. The van der Waals surface area contributed by atoms with Gasteiger partial charge in [0.05, 0.1) is 23.1 Å². The number of pyridine rings is 1. The number of rotatable bonds is 9. The van der Waals surface area contributed by atoms with Crippen LogP contribution in [0.4, 0.5) is 24.5 Å². The Hall–Kier alpha value is -4.22. The second kappa shape index (κ2) is 11.9. The molecule has 42 heavy (non-hydrogen) atoms. The fourth-order valence-corrected chi connectivity index (χ4v) is 5.21. The maximum Gasteiger partial charge on any atom is 0.416 e. The fraction of sp³-hybridized carbons (Fsp3) is 0.323. The van der Waals surface area contributed by atoms with Crippen LogP contribution < -0.4 is 10.6 Å². The van der Waals surface area contributed by atoms with Crippen molar-refractivity contribution in [3.63, 3.8) is 0 Å². The molecule has 11 heteroatoms. The Morgan fingerprint density at radius 1 is 1.10 bits per heavy atom. The molecule has 5 rings (SSSR count). The number of likely N-dealkylation sites (N-methyl/N-ethyl adjacent to an activating group) is 1. The number of Topliss-reactive ketones (excluding diaryl/α,β-unsaturated/α-hetero) is 1. The molecule has 0 bridgehead atoms. The van der Waals surface area contributed by atoms with Gasteiger partial charge in [-0.3, -0.25) is 14.5 Å². The van der Waals surface area contributed by atoms with Gasteiger partial charge in [-0.25, -0.2) is 4.98 Å². The zero-order valence-electron chi connectivity index (χ0n) is 23.7. The Kier molecular flexibility index (Phi) is 8.33. The first kappa shape index (κ1) is 29.3. The average molecular weight is 579 g/mol. The number of hydrogen-bond donors (Lipinski definition) is 3. The molecule has 1 amide bonds. The summed E-state index contributed by atoms with van der Waals surface area (Å²) in [6, 6.07) is 14.8. The zero-order valence-corrected chi connectivity index (χ0v) is 23.7. The summed E-state index contributed by atoms with van der Waals surface area (Å²) in [7, 11) is 3.95. The number of nitrogens with one attached hydrogen (secondary N) is 3. The maximum atomic E-state index is 14.0. The van der Waals surface area contributed by atoms with Crippen LogP contribution in [0.1, 0.15) is 50.9 Å². The van der Waals surface area contributed by atoms with Gasteiger partial charge in [0.25, 0.3) is 5.91 Å². The number of hydrogen-bond acceptors (Lipinski definition) is 6. The number of aromatic amines is 1. The molecular weight excluding hydrogens is 545 g/mol. The summed E-state index contributed by atoms with van der Waals surface area (Å²) in [5.41, 5.74) is 2.48. The Morgan fingerprint density at radius 2 is 1.90 bits per heavy atom. The van der Waals surface area contributed by atoms with Crippen molar-refractivity contribution in [3.05, 3.63) is 88.7 Å². The molecular formula is C31H33F3N6O2. The topological polar surface area (TPSA) is 93.4 Å². The number of anilines is 2. The highest BCUT2D eigenvalue weighted by Crippen LogP contribution is 2.34. The summed E-state index contributed by atoms with van der Waals surface area (Å²) in [6.45, 7) is 3.51. The van der Waals surface area contributed by atoms with Crippen molar-refractivity contribution in [2.75, 3.05) is 37.8 Å². The van der Waals surface area contributed by atoms with E-state index in [4.69, 9.17) is 0 Å². The number of benzene rings is 2. The molecule has 1 unspecified atom stereocenters. The first-order chi connectivity index (χ1) is 20.0. The normalized spacial score (nSPS) is 15.8. The predicted molar refractivity (Wildman–Crippen MR) is 157 cm³/mol. The Bertz CT molecular complexity index is 1610. The highest BCUT2D eigenvalue weighted by molar-refractivity contribution is 6.04. The standard InChI is InChI=1S/C31H33F3N6O2/c1-19(41)28-14-23-12-25(16-36-29(23)38-28)35-15-20-5-4-6-24(11-20)37-30(42)21-7-8-22(27(13-21)31(32,33)34)17-40-10-9-26(18-40)39(2)3/h4-8,11-14,16,26,35H,9-10,15,17-18H2,1-3H3,(H,36,38)(H,37,42). The highest BCUT2D eigenvalue weighted by atomic mass is 19.4. The van der Waals surface area contributed by atoms with E-state index in [1.54, 1.807) is 30.5 Å². The number of alkyl halides is 3. The van der Waals surface area contributed by atoms with E-state index in [9.17, 15) is 22.8 Å². The summed E-state index contributed by atoms with van der Waals surface area (Å²) >= 11 is 0. The summed E-state index contributed by atoms with van der Waals surface area (Å²) in [4.78, 5) is 36.0. The van der Waals surface area contributed by atoms with E-state index in [2.05, 4.69) is 25.5 Å². The summed E-state index contributed by atoms with van der Waals surface area (Å²) in [5.74, 6) is -0.693. The molecule has 0 aliphatic carbocycles. The van der Waals surface area contributed by atoms with Gasteiger partial charge >= 0.3 is 6.18 Å². The molecule has 0 spiro atoms. The number of likely N-dealkylation sites (tertiary alicyclic amines) is 1. The number of carbonyl (C=O) groups is 2. The third-order valence-corrected chi connectivity index (χ3v) is 7.58. The van der Waals surface area contributed by atoms with Crippen molar-refractivity contribution in [1.29, 1.82) is 0 Å². The third kappa shape index (κ3) is 6.80. The minimum absolute atomic E-state index is 0.0574. The van der Waals surface area contributed by atoms with Gasteiger partial charge in [-0.2, -0.15) is 13.2 Å². The number of ketones is 1. The number of nitrogens with zero attached hydrogens (tertiary/aromatic N) is 3. The minimum atomic E-state index is -4.58. The van der Waals surface area contributed by atoms with E-state index in [1.165, 1.54) is 19.1 Å². The molecule has 2 aromatic carbocycles. The molecule has 1 aliphatic heterocycles. The molecule has 0 radical (unpaired) electrons. The van der Waals surface area contributed by atoms with Crippen LogP contribution >= 0.6 is 0 Å². The highest BCUT2D eigenvalue weighted by Gasteiger charge is 2.35. The number of H-pyrrole nitrogens is 1. The molecule has 1 fully saturated rings. The molecule has 1 atom stereocenters. The van der Waals surface area contributed by atoms with Gasteiger partial charge < -0.3 is 20.5 Å². The molecule has 3 N–H and O–H groups in total. The lowest BCUT2D eigenvalue weighted by molar-refractivity contribution is -0.138. The van der Waals surface area contributed by atoms with Crippen LogP contribution in [-0.2, 0) is 19.3 Å². The lowest BCUT2D eigenvalue weighted by Gasteiger charge is -2.22. The van der Waals surface area contributed by atoms with Gasteiger partial charge in [0, 0.05) is 55.8 Å². The van der Waals surface area contributed by atoms with Crippen LogP contribution in [0.3, 0.4) is 0 Å². The van der Waals surface area contributed by atoms with Gasteiger partial charge in [-0.05, 0) is 68.0 Å². The lowest BCUT2D eigenvalue weighted by atomic mass is 10.0. The van der Waals surface area contributed by atoms with Crippen molar-refractivity contribution in [2.45, 2.75) is 38.7 Å². The van der Waals surface area contributed by atoms with Gasteiger partial charge in [-0.15, -0.1) is 0 Å². The molecule has 3 heterocycles. The second-order valence-electron chi connectivity index (χ2n) is 10.9. The van der Waals surface area contributed by atoms with Gasteiger partial charge in [0.1, 0.15) is 5.65 Å². The number of fused-ring (bicyclic) bond motifs is 1. The van der Waals surface area contributed by atoms with Crippen molar-refractivity contribution in [3.8, 4) is 0 Å². The van der Waals surface area contributed by atoms with Crippen LogP contribution in [0.2, 0.25) is 0 Å². The van der Waals surface area contributed by atoms with Gasteiger partial charge in [0.15, 0.2) is 5.78 Å². The maximum absolute atomic E-state index is 14.0. The molecule has 1 saturated heterocycles. The van der Waals surface area contributed by atoms with E-state index in [0.29, 0.717) is 36.2 Å².